The number of hydrogen-bond donors (Lipinski definition) is 3. The predicted octanol–water partition coefficient (Wildman–Crippen LogP) is 0.772. The van der Waals surface area contributed by atoms with Crippen molar-refractivity contribution < 1.29 is 33.9 Å². The second-order valence-corrected chi connectivity index (χ2v) is 11.4. The number of carbonyl (C=O) groups excluding carboxylic acids is 3. The average Bonchev–Trinajstić information content (AvgIpc) is 3.31. The number of benzene rings is 1. The summed E-state index contributed by atoms with van der Waals surface area (Å²) in [5.41, 5.74) is 0.367. The molecule has 1 aromatic carbocycles. The third kappa shape index (κ3) is 7.24. The Morgan fingerprint density at radius 1 is 1.23 bits per heavy atom. The number of carbonyl (C=O) groups is 3. The Balaban J connectivity index is 1.30. The zero-order chi connectivity index (χ0) is 28.9. The smallest absolute Gasteiger partial charge is 0.447 e. The van der Waals surface area contributed by atoms with Crippen molar-refractivity contribution >= 4 is 25.2 Å². The van der Waals surface area contributed by atoms with Crippen LogP contribution in [0.4, 0.5) is 9.59 Å². The van der Waals surface area contributed by atoms with Gasteiger partial charge in [-0.3, -0.25) is 14.6 Å². The highest BCUT2D eigenvalue weighted by Crippen LogP contribution is 2.30. The molecular formula is C27H38BN5O7. The Kier molecular flexibility index (Phi) is 9.55. The molecule has 3 amide bonds. The number of nitrogens with zero attached hydrogens (tertiary/aromatic N) is 4. The lowest BCUT2D eigenvalue weighted by molar-refractivity contribution is -0.138. The first kappa shape index (κ1) is 29.6. The van der Waals surface area contributed by atoms with Crippen molar-refractivity contribution in [1.29, 1.82) is 5.26 Å². The van der Waals surface area contributed by atoms with Crippen molar-refractivity contribution in [2.75, 3.05) is 39.3 Å². The fraction of sp³-hybridized carbons (Fsp3) is 0.630. The molecule has 3 heterocycles. The van der Waals surface area contributed by atoms with Gasteiger partial charge in [-0.05, 0) is 45.1 Å². The molecule has 1 unspecified atom stereocenters. The molecule has 12 nitrogen and oxygen atoms in total. The van der Waals surface area contributed by atoms with Crippen LogP contribution in [0.3, 0.4) is 0 Å². The van der Waals surface area contributed by atoms with Crippen LogP contribution in [0.2, 0.25) is 0 Å². The maximum absolute atomic E-state index is 13.4. The van der Waals surface area contributed by atoms with E-state index in [1.165, 1.54) is 0 Å². The number of piperazine rings is 1. The maximum atomic E-state index is 13.4. The van der Waals surface area contributed by atoms with Gasteiger partial charge in [-0.2, -0.15) is 5.26 Å². The Hall–Kier alpha value is -3.34. The van der Waals surface area contributed by atoms with E-state index in [2.05, 4.69) is 16.3 Å². The number of alkyl carbamates (subject to hydrolysis) is 1. The first-order valence-electron chi connectivity index (χ1n) is 13.8. The molecule has 40 heavy (non-hydrogen) atoms. The summed E-state index contributed by atoms with van der Waals surface area (Å²) in [5, 5.41) is 31.9. The van der Waals surface area contributed by atoms with Crippen LogP contribution < -0.4 is 5.32 Å². The summed E-state index contributed by atoms with van der Waals surface area (Å²) >= 11 is 0. The Morgan fingerprint density at radius 2 is 1.98 bits per heavy atom. The summed E-state index contributed by atoms with van der Waals surface area (Å²) in [7, 11) is -1.78. The molecular weight excluding hydrogens is 517 g/mol. The van der Waals surface area contributed by atoms with Crippen LogP contribution in [0.15, 0.2) is 30.3 Å². The van der Waals surface area contributed by atoms with Crippen molar-refractivity contribution in [3.05, 3.63) is 35.9 Å². The zero-order valence-electron chi connectivity index (χ0n) is 23.1. The number of amides is 3. The number of nitrogens with one attached hydrogen (secondary N) is 1. The zero-order valence-corrected chi connectivity index (χ0v) is 23.1. The van der Waals surface area contributed by atoms with Crippen LogP contribution in [0.1, 0.15) is 38.7 Å². The molecule has 3 N–H and O–H groups in total. The van der Waals surface area contributed by atoms with Crippen LogP contribution in [0.5, 0.6) is 0 Å². The predicted molar refractivity (Wildman–Crippen MR) is 145 cm³/mol. The van der Waals surface area contributed by atoms with Gasteiger partial charge in [-0.15, -0.1) is 0 Å². The van der Waals surface area contributed by atoms with Gasteiger partial charge in [-0.1, -0.05) is 30.3 Å². The van der Waals surface area contributed by atoms with Crippen molar-refractivity contribution in [1.82, 2.24) is 20.0 Å². The van der Waals surface area contributed by atoms with Gasteiger partial charge in [-0.25, -0.2) is 9.59 Å². The molecule has 3 saturated heterocycles. The van der Waals surface area contributed by atoms with Crippen LogP contribution in [0, 0.1) is 17.2 Å². The number of nitriles is 1. The van der Waals surface area contributed by atoms with Crippen molar-refractivity contribution in [3.8, 4) is 6.07 Å². The average molecular weight is 555 g/mol. The van der Waals surface area contributed by atoms with Crippen molar-refractivity contribution in [3.63, 3.8) is 0 Å². The number of piperidine rings is 1. The molecule has 0 aliphatic carbocycles. The summed E-state index contributed by atoms with van der Waals surface area (Å²) in [6, 6.07) is 11.3. The van der Waals surface area contributed by atoms with E-state index in [4.69, 9.17) is 9.47 Å². The van der Waals surface area contributed by atoms with Gasteiger partial charge in [0, 0.05) is 31.7 Å². The molecule has 3 aliphatic rings. The third-order valence-electron chi connectivity index (χ3n) is 8.06. The lowest BCUT2D eigenvalue weighted by Crippen LogP contribution is -2.59. The van der Waals surface area contributed by atoms with Gasteiger partial charge in [0.25, 0.3) is 0 Å². The molecule has 3 aliphatic heterocycles. The normalized spacial score (nSPS) is 22.9. The quantitative estimate of drug-likeness (QED) is 0.375. The number of fused-ring (bicyclic) bond motifs is 1. The largest absolute Gasteiger partial charge is 0.475 e. The van der Waals surface area contributed by atoms with Gasteiger partial charge < -0.3 is 29.7 Å². The molecule has 13 heteroatoms. The summed E-state index contributed by atoms with van der Waals surface area (Å²) in [6.07, 6.45) is 0.0355. The summed E-state index contributed by atoms with van der Waals surface area (Å²) in [4.78, 5) is 43.4. The number of rotatable bonds is 9. The van der Waals surface area contributed by atoms with E-state index in [0.717, 1.165) is 5.56 Å². The molecule has 1 aromatic rings. The van der Waals surface area contributed by atoms with Crippen LogP contribution >= 0.6 is 0 Å². The third-order valence-corrected chi connectivity index (χ3v) is 8.06. The number of hydrogen-bond acceptors (Lipinski definition) is 9. The van der Waals surface area contributed by atoms with E-state index in [1.807, 2.05) is 44.2 Å². The second kappa shape index (κ2) is 12.9. The summed E-state index contributed by atoms with van der Waals surface area (Å²) in [5.74, 6) is -2.13. The van der Waals surface area contributed by atoms with E-state index < -0.39 is 36.7 Å². The monoisotopic (exact) mass is 555 g/mol. The van der Waals surface area contributed by atoms with Gasteiger partial charge in [0.05, 0.1) is 24.6 Å². The molecule has 0 spiro atoms. The van der Waals surface area contributed by atoms with Crippen molar-refractivity contribution in [2.45, 2.75) is 63.2 Å². The molecule has 3 fully saturated rings. The highest BCUT2D eigenvalue weighted by Gasteiger charge is 2.43. The Morgan fingerprint density at radius 3 is 2.67 bits per heavy atom. The molecule has 0 aromatic heterocycles. The lowest BCUT2D eigenvalue weighted by Gasteiger charge is -2.45. The Labute approximate surface area is 234 Å². The van der Waals surface area contributed by atoms with Crippen LogP contribution in [-0.4, -0.2) is 113 Å². The molecule has 216 valence electrons. The van der Waals surface area contributed by atoms with Crippen LogP contribution in [0.25, 0.3) is 0 Å². The topological polar surface area (TPSA) is 156 Å². The van der Waals surface area contributed by atoms with E-state index in [0.29, 0.717) is 52.0 Å². The Bertz CT molecular complexity index is 1100. The molecule has 4 rings (SSSR count). The standard InChI is InChI=1S/C27H38BN5O7/c1-27(2,32-11-12-33-21(16-32)18-39-26(33)36)14-20(15-29)24(34)31-10-6-9-22(17-31)40-25(35)30-23(28(37)38)13-19-7-4-3-5-8-19/h3-5,7-8,20-23,37-38H,6,9-14,16-18H2,1-2H3,(H,30,35)/t20?,21-,22+,23+/m1/s1. The molecule has 0 bridgehead atoms. The lowest BCUT2D eigenvalue weighted by atomic mass is 9.76. The van der Waals surface area contributed by atoms with Gasteiger partial charge in [0.2, 0.25) is 5.91 Å². The van der Waals surface area contributed by atoms with Gasteiger partial charge >= 0.3 is 19.3 Å². The number of likely N-dealkylation sites (tertiary alicyclic amines) is 1. The molecule has 0 saturated carbocycles. The SMILES string of the molecule is CC(C)(CC(C#N)C(=O)N1CCC[C@H](OC(=O)N[C@@H](Cc2ccccc2)B(O)O)C1)N1CCN2C(=O)OC[C@H]2C1. The first-order valence-corrected chi connectivity index (χ1v) is 13.8. The number of ether oxygens (including phenoxy) is 2. The summed E-state index contributed by atoms with van der Waals surface area (Å²) < 4.78 is 10.7. The van der Waals surface area contributed by atoms with Crippen molar-refractivity contribution in [2.24, 2.45) is 5.92 Å². The maximum Gasteiger partial charge on any atom is 0.475 e. The van der Waals surface area contributed by atoms with E-state index >= 15 is 0 Å². The van der Waals surface area contributed by atoms with Gasteiger partial charge in [0.1, 0.15) is 18.6 Å². The fourth-order valence-corrected chi connectivity index (χ4v) is 5.75. The van der Waals surface area contributed by atoms with E-state index in [9.17, 15) is 29.7 Å². The summed E-state index contributed by atoms with van der Waals surface area (Å²) in [6.45, 7) is 6.78. The highest BCUT2D eigenvalue weighted by molar-refractivity contribution is 6.43. The minimum Gasteiger partial charge on any atom is -0.447 e. The van der Waals surface area contributed by atoms with E-state index in [1.54, 1.807) is 9.80 Å². The van der Waals surface area contributed by atoms with Gasteiger partial charge in [0.15, 0.2) is 0 Å². The fourth-order valence-electron chi connectivity index (χ4n) is 5.75. The molecule has 4 atom stereocenters. The first-order chi connectivity index (χ1) is 19.1. The van der Waals surface area contributed by atoms with Crippen LogP contribution in [-0.2, 0) is 20.7 Å². The second-order valence-electron chi connectivity index (χ2n) is 11.4. The number of cyclic esters (lactones) is 1. The van der Waals surface area contributed by atoms with E-state index in [-0.39, 0.29) is 31.0 Å². The minimum absolute atomic E-state index is 0.0258. The highest BCUT2D eigenvalue weighted by atomic mass is 16.6. The minimum atomic E-state index is -1.78. The molecule has 0 radical (unpaired) electrons.